The van der Waals surface area contributed by atoms with Crippen molar-refractivity contribution < 1.29 is 0 Å². The second kappa shape index (κ2) is 6.58. The molecule has 0 aliphatic rings. The molecule has 5 heteroatoms. The Morgan fingerprint density at radius 1 is 0.750 bits per heavy atom. The summed E-state index contributed by atoms with van der Waals surface area (Å²) in [4.78, 5) is 8.60. The number of nitrogen functional groups attached to an aromatic ring is 1. The van der Waals surface area contributed by atoms with Crippen LogP contribution in [0.5, 0.6) is 0 Å². The van der Waals surface area contributed by atoms with Crippen LogP contribution in [0.1, 0.15) is 16.8 Å². The molecule has 0 saturated heterocycles. The number of nitrogens with zero attached hydrogens (tertiary/aromatic N) is 4. The predicted molar refractivity (Wildman–Crippen MR) is 96.7 cm³/mol. The number of azo groups is 1. The zero-order chi connectivity index (χ0) is 17.1. The van der Waals surface area contributed by atoms with E-state index in [2.05, 4.69) is 20.2 Å². The van der Waals surface area contributed by atoms with Crippen molar-refractivity contribution in [1.29, 1.82) is 0 Å². The molecule has 0 amide bonds. The van der Waals surface area contributed by atoms with Crippen LogP contribution < -0.4 is 5.73 Å². The molecular formula is C19H19N5. The quantitative estimate of drug-likeness (QED) is 0.685. The third-order valence-corrected chi connectivity index (χ3v) is 3.81. The maximum absolute atomic E-state index is 5.83. The first-order chi connectivity index (χ1) is 11.6. The molecule has 0 atom stereocenters. The lowest BCUT2D eigenvalue weighted by Crippen LogP contribution is -1.99. The molecule has 5 nitrogen and oxygen atoms in total. The Hall–Kier alpha value is -3.08. The average Bonchev–Trinajstić information content (AvgIpc) is 2.56. The van der Waals surface area contributed by atoms with Crippen LogP contribution in [0.25, 0.3) is 11.3 Å². The highest BCUT2D eigenvalue weighted by Gasteiger charge is 2.12. The first-order valence-electron chi connectivity index (χ1n) is 7.74. The van der Waals surface area contributed by atoms with Gasteiger partial charge < -0.3 is 5.73 Å². The summed E-state index contributed by atoms with van der Waals surface area (Å²) in [6.07, 6.45) is 0. The zero-order valence-corrected chi connectivity index (χ0v) is 14.0. The van der Waals surface area contributed by atoms with Gasteiger partial charge in [-0.25, -0.2) is 9.97 Å². The number of aromatic nitrogens is 2. The number of aryl methyl sites for hydroxylation is 3. The fourth-order valence-corrected chi connectivity index (χ4v) is 2.57. The molecule has 0 fully saturated rings. The van der Waals surface area contributed by atoms with E-state index in [-0.39, 0.29) is 5.95 Å². The summed E-state index contributed by atoms with van der Waals surface area (Å²) in [5.74, 6) is 0.234. The van der Waals surface area contributed by atoms with Gasteiger partial charge in [0.25, 0.3) is 0 Å². The topological polar surface area (TPSA) is 76.5 Å². The van der Waals surface area contributed by atoms with Crippen molar-refractivity contribution in [2.24, 2.45) is 10.2 Å². The lowest BCUT2D eigenvalue weighted by molar-refractivity contribution is 1.08. The zero-order valence-electron chi connectivity index (χ0n) is 14.0. The summed E-state index contributed by atoms with van der Waals surface area (Å²) < 4.78 is 0. The van der Waals surface area contributed by atoms with E-state index in [1.54, 1.807) is 0 Å². The first kappa shape index (κ1) is 15.8. The maximum Gasteiger partial charge on any atom is 0.220 e. The molecule has 1 heterocycles. The molecule has 2 N–H and O–H groups in total. The van der Waals surface area contributed by atoms with Crippen LogP contribution in [0.15, 0.2) is 58.8 Å². The number of nitrogens with two attached hydrogens (primary N) is 1. The van der Waals surface area contributed by atoms with Crippen molar-refractivity contribution in [3.8, 4) is 11.3 Å². The van der Waals surface area contributed by atoms with Crippen molar-refractivity contribution in [3.05, 3.63) is 65.4 Å². The first-order valence-corrected chi connectivity index (χ1v) is 7.74. The van der Waals surface area contributed by atoms with E-state index in [4.69, 9.17) is 5.73 Å². The van der Waals surface area contributed by atoms with Crippen molar-refractivity contribution in [2.45, 2.75) is 20.8 Å². The van der Waals surface area contributed by atoms with Crippen LogP contribution >= 0.6 is 0 Å². The summed E-state index contributed by atoms with van der Waals surface area (Å²) in [6, 6.07) is 15.9. The monoisotopic (exact) mass is 317 g/mol. The number of hydrogen-bond acceptors (Lipinski definition) is 5. The summed E-state index contributed by atoms with van der Waals surface area (Å²) in [5.41, 5.74) is 11.8. The van der Waals surface area contributed by atoms with Crippen molar-refractivity contribution >= 4 is 17.3 Å². The van der Waals surface area contributed by atoms with Crippen molar-refractivity contribution in [3.63, 3.8) is 0 Å². The highest BCUT2D eigenvalue weighted by atomic mass is 15.1. The fourth-order valence-electron chi connectivity index (χ4n) is 2.57. The highest BCUT2D eigenvalue weighted by Crippen LogP contribution is 2.33. The Morgan fingerprint density at radius 2 is 1.38 bits per heavy atom. The SMILES string of the molecule is Cc1cccc(C)c1N=Nc1c(C)nc(N)nc1-c1ccccc1. The Bertz CT molecular complexity index is 881. The van der Waals surface area contributed by atoms with Gasteiger partial charge in [0, 0.05) is 5.56 Å². The van der Waals surface area contributed by atoms with Crippen LogP contribution in [-0.2, 0) is 0 Å². The van der Waals surface area contributed by atoms with E-state index in [0.717, 1.165) is 22.4 Å². The molecule has 0 aliphatic carbocycles. The molecule has 0 unspecified atom stereocenters. The van der Waals surface area contributed by atoms with Gasteiger partial charge >= 0.3 is 0 Å². The average molecular weight is 317 g/mol. The van der Waals surface area contributed by atoms with Gasteiger partial charge in [-0.15, -0.1) is 10.2 Å². The minimum atomic E-state index is 0.234. The van der Waals surface area contributed by atoms with E-state index < -0.39 is 0 Å². The number of anilines is 1. The van der Waals surface area contributed by atoms with Gasteiger partial charge in [0.2, 0.25) is 5.95 Å². The van der Waals surface area contributed by atoms with E-state index in [0.29, 0.717) is 17.1 Å². The molecular weight excluding hydrogens is 298 g/mol. The maximum atomic E-state index is 5.83. The smallest absolute Gasteiger partial charge is 0.220 e. The molecule has 3 rings (SSSR count). The molecule has 0 bridgehead atoms. The number of hydrogen-bond donors (Lipinski definition) is 1. The lowest BCUT2D eigenvalue weighted by atomic mass is 10.1. The van der Waals surface area contributed by atoms with E-state index in [1.165, 1.54) is 0 Å². The molecule has 120 valence electrons. The van der Waals surface area contributed by atoms with Crippen LogP contribution in [-0.4, -0.2) is 9.97 Å². The predicted octanol–water partition coefficient (Wildman–Crippen LogP) is 5.07. The largest absolute Gasteiger partial charge is 0.368 e. The Morgan fingerprint density at radius 3 is 2.04 bits per heavy atom. The summed E-state index contributed by atoms with van der Waals surface area (Å²) in [7, 11) is 0. The number of benzene rings is 2. The minimum Gasteiger partial charge on any atom is -0.368 e. The van der Waals surface area contributed by atoms with Crippen molar-refractivity contribution in [1.82, 2.24) is 9.97 Å². The molecule has 24 heavy (non-hydrogen) atoms. The molecule has 0 saturated carbocycles. The molecule has 0 aliphatic heterocycles. The molecule has 0 radical (unpaired) electrons. The molecule has 0 spiro atoms. The van der Waals surface area contributed by atoms with Gasteiger partial charge in [-0.2, -0.15) is 0 Å². The van der Waals surface area contributed by atoms with Crippen molar-refractivity contribution in [2.75, 3.05) is 5.73 Å². The van der Waals surface area contributed by atoms with Crippen LogP contribution in [0.4, 0.5) is 17.3 Å². The third-order valence-electron chi connectivity index (χ3n) is 3.81. The van der Waals surface area contributed by atoms with Crippen LogP contribution in [0.2, 0.25) is 0 Å². The van der Waals surface area contributed by atoms with Gasteiger partial charge in [0.15, 0.2) is 0 Å². The van der Waals surface area contributed by atoms with Gasteiger partial charge in [-0.1, -0.05) is 48.5 Å². The fraction of sp³-hybridized carbons (Fsp3) is 0.158. The van der Waals surface area contributed by atoms with E-state index in [9.17, 15) is 0 Å². The van der Waals surface area contributed by atoms with Crippen LogP contribution in [0.3, 0.4) is 0 Å². The van der Waals surface area contributed by atoms with Gasteiger partial charge in [0.05, 0.1) is 11.4 Å². The van der Waals surface area contributed by atoms with E-state index in [1.807, 2.05) is 69.3 Å². The second-order valence-corrected chi connectivity index (χ2v) is 5.67. The third kappa shape index (κ3) is 3.15. The summed E-state index contributed by atoms with van der Waals surface area (Å²) in [6.45, 7) is 5.90. The number of rotatable bonds is 3. The Kier molecular flexibility index (Phi) is 4.33. The lowest BCUT2D eigenvalue weighted by Gasteiger charge is -2.08. The molecule has 1 aromatic heterocycles. The van der Waals surface area contributed by atoms with Gasteiger partial charge in [-0.05, 0) is 31.9 Å². The second-order valence-electron chi connectivity index (χ2n) is 5.67. The van der Waals surface area contributed by atoms with E-state index >= 15 is 0 Å². The Balaban J connectivity index is 2.13. The minimum absolute atomic E-state index is 0.234. The van der Waals surface area contributed by atoms with Gasteiger partial charge in [-0.3, -0.25) is 0 Å². The van der Waals surface area contributed by atoms with Crippen LogP contribution in [0, 0.1) is 20.8 Å². The standard InChI is InChI=1S/C19H19N5/c1-12-8-7-9-13(2)16(12)23-24-17-14(3)21-19(20)22-18(17)15-10-5-4-6-11-15/h4-11H,1-3H3,(H2,20,21,22). The summed E-state index contributed by atoms with van der Waals surface area (Å²) in [5, 5.41) is 8.92. The summed E-state index contributed by atoms with van der Waals surface area (Å²) >= 11 is 0. The molecule has 2 aromatic carbocycles. The normalized spacial score (nSPS) is 11.1. The highest BCUT2D eigenvalue weighted by molar-refractivity contribution is 5.74. The van der Waals surface area contributed by atoms with Gasteiger partial charge in [0.1, 0.15) is 11.4 Å². The Labute approximate surface area is 141 Å². The molecule has 3 aromatic rings.